The number of rotatable bonds is 4. The second-order valence-corrected chi connectivity index (χ2v) is 13.3. The van der Waals surface area contributed by atoms with Gasteiger partial charge in [0.05, 0.1) is 17.0 Å². The molecule has 4 saturated carbocycles. The monoisotopic (exact) mass is 585 g/mol. The Labute approximate surface area is 241 Å². The van der Waals surface area contributed by atoms with E-state index in [0.717, 1.165) is 19.3 Å². The van der Waals surface area contributed by atoms with Gasteiger partial charge in [0.2, 0.25) is 11.8 Å². The van der Waals surface area contributed by atoms with E-state index in [1.54, 1.807) is 24.3 Å². The Hall–Kier alpha value is -2.68. The van der Waals surface area contributed by atoms with Crippen molar-refractivity contribution < 1.29 is 23.9 Å². The zero-order valence-electron chi connectivity index (χ0n) is 21.7. The highest BCUT2D eigenvalue weighted by molar-refractivity contribution is 6.31. The predicted molar refractivity (Wildman–Crippen MR) is 148 cm³/mol. The van der Waals surface area contributed by atoms with Gasteiger partial charge in [0.1, 0.15) is 11.2 Å². The Kier molecular flexibility index (Phi) is 5.84. The van der Waals surface area contributed by atoms with E-state index in [-0.39, 0.29) is 28.3 Å². The number of halogens is 3. The van der Waals surface area contributed by atoms with E-state index >= 15 is 4.39 Å². The average molecular weight is 586 g/mol. The number of hydrogen-bond donors (Lipinski definition) is 4. The van der Waals surface area contributed by atoms with Crippen LogP contribution in [-0.4, -0.2) is 40.0 Å². The average Bonchev–Trinajstić information content (AvgIpc) is 3.60. The molecule has 4 N–H and O–H groups in total. The molecule has 2 bridgehead atoms. The third kappa shape index (κ3) is 3.42. The molecule has 40 heavy (non-hydrogen) atoms. The quantitative estimate of drug-likeness (QED) is 0.397. The minimum absolute atomic E-state index is 0.0452. The van der Waals surface area contributed by atoms with Crippen molar-refractivity contribution in [1.82, 2.24) is 10.6 Å². The van der Waals surface area contributed by atoms with E-state index in [1.165, 1.54) is 6.07 Å². The Morgan fingerprint density at radius 1 is 1.05 bits per heavy atom. The molecule has 2 aliphatic heterocycles. The molecule has 2 aromatic carbocycles. The van der Waals surface area contributed by atoms with Crippen molar-refractivity contribution in [2.75, 3.05) is 5.32 Å². The number of amides is 2. The Morgan fingerprint density at radius 3 is 2.50 bits per heavy atom. The number of carbonyl (C=O) groups excluding carboxylic acids is 2. The fourth-order valence-corrected chi connectivity index (χ4v) is 9.34. The van der Waals surface area contributed by atoms with Gasteiger partial charge in [-0.2, -0.15) is 0 Å². The largest absolute Gasteiger partial charge is 0.481 e. The summed E-state index contributed by atoms with van der Waals surface area (Å²) in [5.41, 5.74) is -1.22. The van der Waals surface area contributed by atoms with Gasteiger partial charge < -0.3 is 15.7 Å². The first kappa shape index (κ1) is 26.2. The van der Waals surface area contributed by atoms with Gasteiger partial charge in [0.15, 0.2) is 0 Å². The minimum atomic E-state index is -1.29. The smallest absolute Gasteiger partial charge is 0.306 e. The normalized spacial score (nSPS) is 34.9. The van der Waals surface area contributed by atoms with E-state index in [9.17, 15) is 19.5 Å². The van der Waals surface area contributed by atoms with Crippen LogP contribution in [0.3, 0.4) is 0 Å². The summed E-state index contributed by atoms with van der Waals surface area (Å²) in [5, 5.41) is 19.9. The molecular weight excluding hydrogens is 556 g/mol. The maximum atomic E-state index is 16.0. The van der Waals surface area contributed by atoms with Crippen LogP contribution in [0.1, 0.15) is 68.4 Å². The fraction of sp³-hybridized carbons (Fsp3) is 0.500. The summed E-state index contributed by atoms with van der Waals surface area (Å²) >= 11 is 12.6. The van der Waals surface area contributed by atoms with Gasteiger partial charge in [-0.1, -0.05) is 60.7 Å². The van der Waals surface area contributed by atoms with Crippen LogP contribution in [0.4, 0.5) is 10.1 Å². The number of anilines is 1. The van der Waals surface area contributed by atoms with Crippen molar-refractivity contribution in [1.29, 1.82) is 0 Å². The summed E-state index contributed by atoms with van der Waals surface area (Å²) in [6, 6.07) is 9.04. The van der Waals surface area contributed by atoms with Gasteiger partial charge in [0.25, 0.3) is 0 Å². The van der Waals surface area contributed by atoms with E-state index < -0.39 is 46.2 Å². The first-order valence-corrected chi connectivity index (χ1v) is 14.7. The van der Waals surface area contributed by atoms with Crippen molar-refractivity contribution in [3.8, 4) is 0 Å². The van der Waals surface area contributed by atoms with Gasteiger partial charge in [-0.3, -0.25) is 19.7 Å². The standard InChI is InChI=1S/C30H30Cl2FN3O4/c31-16-7-8-19-21(11-16)34-27(40)30(19)22(17-5-4-6-20(32)23(17)33)24(35-29(30)9-2-1-3-10-29)25(37)36-28-12-15(13-28)18(14-28)26(38)39/h4-8,11,15,18,22,24,35H,1-3,9-10,12-14H2,(H,34,40)(H,36,37)(H,38,39)/t15?,18-,22-,24+,28?,30+/m0/s1. The maximum absolute atomic E-state index is 16.0. The first-order valence-electron chi connectivity index (χ1n) is 14.0. The van der Waals surface area contributed by atoms with Crippen molar-refractivity contribution in [3.05, 3.63) is 63.4 Å². The molecule has 6 aliphatic rings. The van der Waals surface area contributed by atoms with E-state index in [4.69, 9.17) is 23.2 Å². The lowest BCUT2D eigenvalue weighted by molar-refractivity contribution is -0.142. The van der Waals surface area contributed by atoms with E-state index in [1.807, 2.05) is 6.07 Å². The predicted octanol–water partition coefficient (Wildman–Crippen LogP) is 5.15. The molecule has 210 valence electrons. The number of aliphatic carboxylic acids is 1. The third-order valence-electron chi connectivity index (χ3n) is 10.5. The van der Waals surface area contributed by atoms with Crippen LogP contribution in [0, 0.1) is 17.7 Å². The number of nitrogens with one attached hydrogen (secondary N) is 3. The molecule has 8 rings (SSSR count). The number of hydrogen-bond acceptors (Lipinski definition) is 4. The van der Waals surface area contributed by atoms with Gasteiger partial charge in [-0.15, -0.1) is 0 Å². The zero-order valence-corrected chi connectivity index (χ0v) is 23.2. The molecule has 0 unspecified atom stereocenters. The van der Waals surface area contributed by atoms with Crippen LogP contribution >= 0.6 is 23.2 Å². The van der Waals surface area contributed by atoms with E-state index in [2.05, 4.69) is 16.0 Å². The highest BCUT2D eigenvalue weighted by atomic mass is 35.5. The fourth-order valence-electron chi connectivity index (χ4n) is 8.98. The van der Waals surface area contributed by atoms with Crippen LogP contribution in [0.25, 0.3) is 0 Å². The van der Waals surface area contributed by atoms with Crippen LogP contribution < -0.4 is 16.0 Å². The Balaban J connectivity index is 1.39. The number of carboxylic acids is 1. The third-order valence-corrected chi connectivity index (χ3v) is 11.0. The molecule has 2 aromatic rings. The molecule has 2 heterocycles. The highest BCUT2D eigenvalue weighted by Gasteiger charge is 2.73. The molecule has 4 aliphatic carbocycles. The number of fused-ring (bicyclic) bond motifs is 4. The SMILES string of the molecule is O=C(O)[C@H]1CC2(NC(=O)[C@@H]3NC4(CCCCC4)[C@@]4(C(=O)Nc5cc(Cl)ccc54)[C@H]3c3cccc(Cl)c3F)CC1C2. The lowest BCUT2D eigenvalue weighted by atomic mass is 9.55. The van der Waals surface area contributed by atoms with Crippen molar-refractivity contribution >= 4 is 46.7 Å². The molecule has 0 aromatic heterocycles. The lowest BCUT2D eigenvalue weighted by Gasteiger charge is -2.47. The van der Waals surface area contributed by atoms with Gasteiger partial charge in [0, 0.05) is 27.7 Å². The van der Waals surface area contributed by atoms with Crippen LogP contribution in [-0.2, 0) is 19.8 Å². The van der Waals surface area contributed by atoms with Crippen LogP contribution in [0.15, 0.2) is 36.4 Å². The number of carboxylic acid groups (broad SMARTS) is 1. The Bertz CT molecular complexity index is 1450. The molecule has 2 amide bonds. The molecule has 4 atom stereocenters. The van der Waals surface area contributed by atoms with Gasteiger partial charge in [-0.25, -0.2) is 4.39 Å². The minimum Gasteiger partial charge on any atom is -0.481 e. The second-order valence-electron chi connectivity index (χ2n) is 12.4. The molecule has 2 spiro atoms. The molecular formula is C30H30Cl2FN3O4. The summed E-state index contributed by atoms with van der Waals surface area (Å²) < 4.78 is 16.0. The van der Waals surface area contributed by atoms with Gasteiger partial charge >= 0.3 is 5.97 Å². The summed E-state index contributed by atoms with van der Waals surface area (Å²) in [4.78, 5) is 40.4. The zero-order chi connectivity index (χ0) is 28.0. The van der Waals surface area contributed by atoms with Crippen molar-refractivity contribution in [3.63, 3.8) is 0 Å². The lowest BCUT2D eigenvalue weighted by Crippen LogP contribution is -2.61. The maximum Gasteiger partial charge on any atom is 0.306 e. The topological polar surface area (TPSA) is 108 Å². The summed E-state index contributed by atoms with van der Waals surface area (Å²) in [7, 11) is 0. The molecule has 7 nitrogen and oxygen atoms in total. The summed E-state index contributed by atoms with van der Waals surface area (Å²) in [6.07, 6.45) is 5.58. The van der Waals surface area contributed by atoms with Crippen LogP contribution in [0.5, 0.6) is 0 Å². The van der Waals surface area contributed by atoms with Gasteiger partial charge in [-0.05, 0) is 67.3 Å². The highest BCUT2D eigenvalue weighted by Crippen LogP contribution is 2.63. The van der Waals surface area contributed by atoms with Crippen molar-refractivity contribution in [2.45, 2.75) is 79.8 Å². The summed E-state index contributed by atoms with van der Waals surface area (Å²) in [5.74, 6) is -3.46. The molecule has 1 saturated heterocycles. The van der Waals surface area contributed by atoms with Crippen molar-refractivity contribution in [2.24, 2.45) is 11.8 Å². The van der Waals surface area contributed by atoms with Crippen LogP contribution in [0.2, 0.25) is 10.0 Å². The van der Waals surface area contributed by atoms with E-state index in [0.29, 0.717) is 48.4 Å². The molecule has 10 heteroatoms. The number of carbonyl (C=O) groups is 3. The Morgan fingerprint density at radius 2 is 1.80 bits per heavy atom. The number of benzene rings is 2. The summed E-state index contributed by atoms with van der Waals surface area (Å²) in [6.45, 7) is 0. The molecule has 0 radical (unpaired) electrons. The second kappa shape index (κ2) is 8.91. The molecule has 5 fully saturated rings. The first-order chi connectivity index (χ1) is 19.1.